The molecule has 0 bridgehead atoms. The number of carbonyl (C=O) groups is 1. The topological polar surface area (TPSA) is 82.5 Å². The van der Waals surface area contributed by atoms with Crippen molar-refractivity contribution in [3.63, 3.8) is 0 Å². The van der Waals surface area contributed by atoms with Crippen LogP contribution in [0.25, 0.3) is 0 Å². The third-order valence-corrected chi connectivity index (χ3v) is 11.3. The van der Waals surface area contributed by atoms with Crippen molar-refractivity contribution in [2.24, 2.45) is 39.9 Å². The summed E-state index contributed by atoms with van der Waals surface area (Å²) in [4.78, 5) is 17.0. The normalized spacial score (nSPS) is 49.8. The highest BCUT2D eigenvalue weighted by molar-refractivity contribution is 7.13. The largest absolute Gasteiger partial charge is 0.392 e. The van der Waals surface area contributed by atoms with Crippen LogP contribution in [0.4, 0.5) is 5.13 Å². The third-order valence-electron chi connectivity index (χ3n) is 10.4. The van der Waals surface area contributed by atoms with Crippen LogP contribution in [-0.4, -0.2) is 34.1 Å². The Morgan fingerprint density at radius 1 is 1.19 bits per heavy atom. The van der Waals surface area contributed by atoms with Crippen LogP contribution in [0, 0.1) is 39.9 Å². The number of thiazole rings is 1. The molecule has 5 rings (SSSR count). The van der Waals surface area contributed by atoms with Gasteiger partial charge in [-0.3, -0.25) is 4.79 Å². The average molecular weight is 457 g/mol. The molecule has 3 saturated carbocycles. The lowest BCUT2D eigenvalue weighted by Crippen LogP contribution is -2.65. The van der Waals surface area contributed by atoms with Gasteiger partial charge < -0.3 is 15.5 Å². The summed E-state index contributed by atoms with van der Waals surface area (Å²) < 4.78 is 0. The average Bonchev–Trinajstić information content (AvgIpc) is 3.30. The van der Waals surface area contributed by atoms with Crippen LogP contribution in [0.2, 0.25) is 0 Å². The fraction of sp³-hybridized carbons (Fsp3) is 0.692. The van der Waals surface area contributed by atoms with Crippen LogP contribution < -0.4 is 5.32 Å². The van der Waals surface area contributed by atoms with Gasteiger partial charge in [0, 0.05) is 28.7 Å². The highest BCUT2D eigenvalue weighted by Gasteiger charge is 2.73. The first-order valence-electron chi connectivity index (χ1n) is 11.9. The van der Waals surface area contributed by atoms with Crippen LogP contribution in [0.1, 0.15) is 59.6 Å². The van der Waals surface area contributed by atoms with Crippen molar-refractivity contribution in [3.8, 4) is 0 Å². The van der Waals surface area contributed by atoms with Gasteiger partial charge in [-0.15, -0.1) is 11.3 Å². The van der Waals surface area contributed by atoms with E-state index in [4.69, 9.17) is 4.98 Å². The number of nitrogens with zero attached hydrogens (tertiary/aromatic N) is 1. The van der Waals surface area contributed by atoms with Gasteiger partial charge in [-0.25, -0.2) is 4.98 Å². The van der Waals surface area contributed by atoms with E-state index in [-0.39, 0.29) is 34.9 Å². The number of allylic oxidation sites excluding steroid dienone is 4. The second kappa shape index (κ2) is 6.77. The maximum Gasteiger partial charge on any atom is 0.182 e. The zero-order chi connectivity index (χ0) is 23.3. The van der Waals surface area contributed by atoms with E-state index in [9.17, 15) is 15.0 Å². The molecule has 0 amide bonds. The predicted molar refractivity (Wildman–Crippen MR) is 127 cm³/mol. The van der Waals surface area contributed by atoms with Crippen molar-refractivity contribution in [2.45, 2.75) is 65.6 Å². The summed E-state index contributed by atoms with van der Waals surface area (Å²) in [5.41, 5.74) is -0.418. The van der Waals surface area contributed by atoms with Gasteiger partial charge in [-0.2, -0.15) is 0 Å². The minimum atomic E-state index is -1.08. The number of anilines is 1. The molecule has 5 nitrogen and oxygen atoms in total. The standard InChI is InChI=1S/C26H36N2O3S/c1-14-9-19-18-10-15(2)26(31,20-13-32-22(27-6)28-20)24(18,4)12-21(30)25(19,5)23(3)8-7-16(29)11-17(14)23/h7-8,11,13-15,18-19,21,30-31H,9-10,12H2,1-6H3,(H,27,28). The molecule has 4 aliphatic rings. The highest BCUT2D eigenvalue weighted by atomic mass is 32.1. The number of aromatic nitrogens is 1. The molecular weight excluding hydrogens is 420 g/mol. The Balaban J connectivity index is 1.64. The van der Waals surface area contributed by atoms with Crippen molar-refractivity contribution < 1.29 is 15.0 Å². The first-order valence-corrected chi connectivity index (χ1v) is 12.8. The minimum absolute atomic E-state index is 0.0439. The molecule has 3 N–H and O–H groups in total. The molecule has 32 heavy (non-hydrogen) atoms. The number of aliphatic hydroxyl groups is 2. The molecule has 0 saturated heterocycles. The van der Waals surface area contributed by atoms with Gasteiger partial charge in [0.05, 0.1) is 11.8 Å². The van der Waals surface area contributed by atoms with E-state index >= 15 is 0 Å². The summed E-state index contributed by atoms with van der Waals surface area (Å²) in [6, 6.07) is 0. The second-order valence-electron chi connectivity index (χ2n) is 11.5. The van der Waals surface area contributed by atoms with E-state index in [1.54, 1.807) is 6.08 Å². The number of fused-ring (bicyclic) bond motifs is 5. The molecule has 174 valence electrons. The molecule has 4 aliphatic carbocycles. The number of carbonyl (C=O) groups excluding carboxylic acids is 1. The summed E-state index contributed by atoms with van der Waals surface area (Å²) in [5.74, 6) is 0.866. The Hall–Kier alpha value is -1.50. The van der Waals surface area contributed by atoms with Crippen molar-refractivity contribution in [2.75, 3.05) is 12.4 Å². The summed E-state index contributed by atoms with van der Waals surface area (Å²) >= 11 is 1.52. The summed E-state index contributed by atoms with van der Waals surface area (Å²) in [7, 11) is 1.85. The Kier molecular flexibility index (Phi) is 4.72. The predicted octanol–water partition coefficient (Wildman–Crippen LogP) is 4.53. The molecule has 6 heteroatoms. The lowest BCUT2D eigenvalue weighted by molar-refractivity contribution is -0.215. The summed E-state index contributed by atoms with van der Waals surface area (Å²) in [5, 5.41) is 30.1. The SMILES string of the molecule is CNc1nc(C2(O)C(C)CC3C4CC(C)C5=CC(=O)C=CC5(C)C4(C)C(O)CC32C)cs1. The summed E-state index contributed by atoms with van der Waals surface area (Å²) in [6.45, 7) is 11.0. The highest BCUT2D eigenvalue weighted by Crippen LogP contribution is 2.74. The molecule has 0 spiro atoms. The van der Waals surface area contributed by atoms with E-state index in [0.29, 0.717) is 6.42 Å². The zero-order valence-corrected chi connectivity index (χ0v) is 20.8. The van der Waals surface area contributed by atoms with E-state index in [0.717, 1.165) is 29.2 Å². The molecule has 1 heterocycles. The van der Waals surface area contributed by atoms with E-state index in [1.807, 2.05) is 18.5 Å². The molecule has 0 aromatic carbocycles. The van der Waals surface area contributed by atoms with E-state index in [2.05, 4.69) is 46.0 Å². The fourth-order valence-corrected chi connectivity index (χ4v) is 9.17. The van der Waals surface area contributed by atoms with Gasteiger partial charge in [-0.1, -0.05) is 46.3 Å². The van der Waals surface area contributed by atoms with Gasteiger partial charge >= 0.3 is 0 Å². The molecule has 9 atom stereocenters. The fourth-order valence-electron chi connectivity index (χ4n) is 8.45. The Morgan fingerprint density at radius 2 is 1.91 bits per heavy atom. The molecule has 3 fully saturated rings. The molecule has 0 radical (unpaired) electrons. The number of nitrogens with one attached hydrogen (secondary N) is 1. The Bertz CT molecular complexity index is 1030. The number of rotatable bonds is 2. The van der Waals surface area contributed by atoms with Gasteiger partial charge in [0.2, 0.25) is 0 Å². The van der Waals surface area contributed by atoms with Crippen LogP contribution in [0.3, 0.4) is 0 Å². The zero-order valence-electron chi connectivity index (χ0n) is 20.0. The first kappa shape index (κ1) is 22.3. The molecule has 0 aliphatic heterocycles. The first-order chi connectivity index (χ1) is 14.9. The van der Waals surface area contributed by atoms with Crippen molar-refractivity contribution in [1.82, 2.24) is 4.98 Å². The summed E-state index contributed by atoms with van der Waals surface area (Å²) in [6.07, 6.45) is 7.34. The van der Waals surface area contributed by atoms with Crippen LogP contribution >= 0.6 is 11.3 Å². The quantitative estimate of drug-likeness (QED) is 0.609. The second-order valence-corrected chi connectivity index (χ2v) is 12.4. The molecule has 1 aromatic rings. The van der Waals surface area contributed by atoms with Crippen molar-refractivity contribution in [1.29, 1.82) is 0 Å². The van der Waals surface area contributed by atoms with Crippen molar-refractivity contribution in [3.05, 3.63) is 34.9 Å². The Labute approximate surface area is 195 Å². The minimum Gasteiger partial charge on any atom is -0.392 e. The lowest BCUT2D eigenvalue weighted by Gasteiger charge is -2.66. The van der Waals surface area contributed by atoms with Crippen LogP contribution in [0.15, 0.2) is 29.2 Å². The molecule has 9 unspecified atom stereocenters. The number of hydrogen-bond acceptors (Lipinski definition) is 6. The van der Waals surface area contributed by atoms with Crippen LogP contribution in [0.5, 0.6) is 0 Å². The third kappa shape index (κ3) is 2.41. The maximum atomic E-state index is 12.3. The van der Waals surface area contributed by atoms with Gasteiger partial charge in [0.15, 0.2) is 10.9 Å². The van der Waals surface area contributed by atoms with Gasteiger partial charge in [0.1, 0.15) is 5.60 Å². The number of ketones is 1. The van der Waals surface area contributed by atoms with Gasteiger partial charge in [0.25, 0.3) is 0 Å². The molecule has 1 aromatic heterocycles. The lowest BCUT2D eigenvalue weighted by atomic mass is 9.38. The monoisotopic (exact) mass is 456 g/mol. The van der Waals surface area contributed by atoms with E-state index in [1.165, 1.54) is 11.3 Å². The number of hydrogen-bond donors (Lipinski definition) is 3. The van der Waals surface area contributed by atoms with Gasteiger partial charge in [-0.05, 0) is 55.1 Å². The Morgan fingerprint density at radius 3 is 2.56 bits per heavy atom. The number of aliphatic hydroxyl groups excluding tert-OH is 1. The van der Waals surface area contributed by atoms with Crippen molar-refractivity contribution >= 4 is 22.3 Å². The smallest absolute Gasteiger partial charge is 0.182 e. The maximum absolute atomic E-state index is 12.3. The molecular formula is C26H36N2O3S. The van der Waals surface area contributed by atoms with E-state index < -0.39 is 22.5 Å². The van der Waals surface area contributed by atoms with Crippen LogP contribution in [-0.2, 0) is 10.4 Å².